The second-order valence-electron chi connectivity index (χ2n) is 5.96. The minimum Gasteiger partial charge on any atom is -0.231 e. The van der Waals surface area contributed by atoms with Crippen LogP contribution in [-0.2, 0) is 10.0 Å². The van der Waals surface area contributed by atoms with E-state index >= 15 is 0 Å². The lowest BCUT2D eigenvalue weighted by Crippen LogP contribution is -2.66. The SMILES string of the molecule is Cc1ccc(S(=O)(=O)N[N+]23CCC(CC2)CC3)cc1. The Labute approximate surface area is 115 Å². The number of nitrogens with one attached hydrogen (secondary N) is 1. The summed E-state index contributed by atoms with van der Waals surface area (Å²) in [6.07, 6.45) is 3.45. The van der Waals surface area contributed by atoms with Crippen LogP contribution in [0.5, 0.6) is 0 Å². The van der Waals surface area contributed by atoms with Crippen molar-refractivity contribution < 1.29 is 13.0 Å². The second kappa shape index (κ2) is 4.58. The van der Waals surface area contributed by atoms with Crippen molar-refractivity contribution in [1.82, 2.24) is 4.83 Å². The molecule has 4 rings (SSSR count). The minimum absolute atomic E-state index is 0.373. The van der Waals surface area contributed by atoms with Gasteiger partial charge in [-0.25, -0.2) is 13.0 Å². The number of nitrogens with zero attached hydrogens (tertiary/aromatic N) is 1. The third-order valence-electron chi connectivity index (χ3n) is 4.54. The lowest BCUT2D eigenvalue weighted by Gasteiger charge is -2.47. The van der Waals surface area contributed by atoms with Gasteiger partial charge in [-0.2, -0.15) is 0 Å². The summed E-state index contributed by atoms with van der Waals surface area (Å²) in [6, 6.07) is 7.06. The van der Waals surface area contributed by atoms with E-state index in [1.807, 2.05) is 19.1 Å². The van der Waals surface area contributed by atoms with Crippen LogP contribution in [0.3, 0.4) is 0 Å². The quantitative estimate of drug-likeness (QED) is 0.859. The maximum absolute atomic E-state index is 12.5. The molecule has 1 aromatic carbocycles. The Morgan fingerprint density at radius 3 is 2.11 bits per heavy atom. The monoisotopic (exact) mass is 281 g/mol. The van der Waals surface area contributed by atoms with Crippen molar-refractivity contribution in [3.63, 3.8) is 0 Å². The van der Waals surface area contributed by atoms with E-state index in [2.05, 4.69) is 4.83 Å². The van der Waals surface area contributed by atoms with E-state index in [9.17, 15) is 8.42 Å². The zero-order valence-electron chi connectivity index (χ0n) is 11.3. The van der Waals surface area contributed by atoms with E-state index < -0.39 is 10.0 Å². The Morgan fingerprint density at radius 1 is 1.05 bits per heavy atom. The average Bonchev–Trinajstić information content (AvgIpc) is 2.40. The lowest BCUT2D eigenvalue weighted by atomic mass is 9.88. The highest BCUT2D eigenvalue weighted by molar-refractivity contribution is 7.89. The number of quaternary nitrogens is 1. The van der Waals surface area contributed by atoms with E-state index in [-0.39, 0.29) is 0 Å². The predicted octanol–water partition coefficient (Wildman–Crippen LogP) is 1.82. The van der Waals surface area contributed by atoms with Crippen LogP contribution in [0.1, 0.15) is 24.8 Å². The first kappa shape index (κ1) is 13.1. The van der Waals surface area contributed by atoms with Crippen molar-refractivity contribution in [3.05, 3.63) is 29.8 Å². The Morgan fingerprint density at radius 2 is 1.58 bits per heavy atom. The summed E-state index contributed by atoms with van der Waals surface area (Å²) >= 11 is 0. The van der Waals surface area contributed by atoms with Crippen LogP contribution in [0, 0.1) is 12.8 Å². The molecule has 0 unspecified atom stereocenters. The summed E-state index contributed by atoms with van der Waals surface area (Å²) < 4.78 is 25.5. The van der Waals surface area contributed by atoms with Crippen LogP contribution in [0.15, 0.2) is 29.2 Å². The molecule has 0 aliphatic carbocycles. The van der Waals surface area contributed by atoms with Crippen molar-refractivity contribution >= 4 is 10.0 Å². The molecule has 104 valence electrons. The fraction of sp³-hybridized carbons (Fsp3) is 0.571. The van der Waals surface area contributed by atoms with Gasteiger partial charge in [0.25, 0.3) is 10.0 Å². The van der Waals surface area contributed by atoms with E-state index in [0.29, 0.717) is 9.49 Å². The first-order valence-electron chi connectivity index (χ1n) is 6.96. The van der Waals surface area contributed by atoms with Gasteiger partial charge in [0.1, 0.15) is 0 Å². The number of rotatable bonds is 3. The smallest absolute Gasteiger partial charge is 0.231 e. The van der Waals surface area contributed by atoms with Crippen LogP contribution in [0.4, 0.5) is 0 Å². The fourth-order valence-corrected chi connectivity index (χ4v) is 4.60. The molecule has 1 aromatic rings. The number of hydrogen-bond acceptors (Lipinski definition) is 2. The highest BCUT2D eigenvalue weighted by Gasteiger charge is 2.43. The van der Waals surface area contributed by atoms with E-state index in [0.717, 1.165) is 50.4 Å². The Balaban J connectivity index is 1.83. The maximum Gasteiger partial charge on any atom is 0.282 e. The third kappa shape index (κ3) is 2.55. The fourth-order valence-electron chi connectivity index (χ4n) is 3.22. The summed E-state index contributed by atoms with van der Waals surface area (Å²) in [5, 5.41) is 0. The first-order chi connectivity index (χ1) is 8.99. The number of aryl methyl sites for hydroxylation is 1. The van der Waals surface area contributed by atoms with E-state index in [1.165, 1.54) is 0 Å². The van der Waals surface area contributed by atoms with E-state index in [1.54, 1.807) is 12.1 Å². The van der Waals surface area contributed by atoms with Crippen molar-refractivity contribution in [3.8, 4) is 0 Å². The summed E-state index contributed by atoms with van der Waals surface area (Å²) in [7, 11) is -3.40. The molecule has 4 nitrogen and oxygen atoms in total. The summed E-state index contributed by atoms with van der Waals surface area (Å²) in [4.78, 5) is 3.32. The predicted molar refractivity (Wildman–Crippen MR) is 73.7 cm³/mol. The maximum atomic E-state index is 12.5. The van der Waals surface area contributed by atoms with Crippen molar-refractivity contribution in [2.45, 2.75) is 31.1 Å². The van der Waals surface area contributed by atoms with Crippen molar-refractivity contribution in [2.24, 2.45) is 5.92 Å². The van der Waals surface area contributed by atoms with Crippen LogP contribution < -0.4 is 4.83 Å². The molecule has 0 amide bonds. The standard InChI is InChI=1S/C14H21N2O2S/c1-12-2-4-14(5-3-12)19(17,18)15-16-9-6-13(7-10-16)8-11-16/h2-5,13,15H,6-11H2,1H3/q+1. The molecule has 3 saturated heterocycles. The molecular weight excluding hydrogens is 260 g/mol. The molecule has 0 saturated carbocycles. The highest BCUT2D eigenvalue weighted by Crippen LogP contribution is 2.32. The molecule has 0 spiro atoms. The highest BCUT2D eigenvalue weighted by atomic mass is 32.2. The minimum atomic E-state index is -3.40. The molecule has 2 bridgehead atoms. The van der Waals surface area contributed by atoms with Gasteiger partial charge in [0.15, 0.2) is 0 Å². The van der Waals surface area contributed by atoms with Crippen molar-refractivity contribution in [2.75, 3.05) is 19.6 Å². The second-order valence-corrected chi connectivity index (χ2v) is 7.62. The zero-order chi connectivity index (χ0) is 13.5. The van der Waals surface area contributed by atoms with Crippen molar-refractivity contribution in [1.29, 1.82) is 0 Å². The molecule has 0 aromatic heterocycles. The van der Waals surface area contributed by atoms with Gasteiger partial charge in [-0.1, -0.05) is 22.5 Å². The molecule has 19 heavy (non-hydrogen) atoms. The van der Waals surface area contributed by atoms with E-state index in [4.69, 9.17) is 0 Å². The Bertz CT molecular complexity index is 544. The Kier molecular flexibility index (Phi) is 3.15. The van der Waals surface area contributed by atoms with Crippen LogP contribution in [0.25, 0.3) is 0 Å². The third-order valence-corrected chi connectivity index (χ3v) is 6.06. The molecule has 3 aliphatic heterocycles. The summed E-state index contributed by atoms with van der Waals surface area (Å²) in [6.45, 7) is 4.78. The molecule has 3 aliphatic rings. The van der Waals surface area contributed by atoms with Gasteiger partial charge in [-0.15, -0.1) is 0 Å². The number of benzene rings is 1. The Hall–Kier alpha value is -0.910. The van der Waals surface area contributed by atoms with Gasteiger partial charge in [0.05, 0.1) is 24.5 Å². The molecule has 0 radical (unpaired) electrons. The topological polar surface area (TPSA) is 46.2 Å². The van der Waals surface area contributed by atoms with Crippen LogP contribution >= 0.6 is 0 Å². The van der Waals surface area contributed by atoms with Crippen LogP contribution in [0.2, 0.25) is 0 Å². The van der Waals surface area contributed by atoms with Gasteiger partial charge in [-0.3, -0.25) is 0 Å². The van der Waals surface area contributed by atoms with Gasteiger partial charge in [-0.05, 0) is 25.0 Å². The molecule has 5 heteroatoms. The number of sulfonamides is 1. The normalized spacial score (nSPS) is 30.5. The largest absolute Gasteiger partial charge is 0.282 e. The molecule has 3 heterocycles. The average molecular weight is 281 g/mol. The van der Waals surface area contributed by atoms with Gasteiger partial charge in [0, 0.05) is 19.3 Å². The number of fused-ring (bicyclic) bond motifs is 3. The number of piperidine rings is 3. The molecule has 3 fully saturated rings. The molecule has 0 atom stereocenters. The lowest BCUT2D eigenvalue weighted by molar-refractivity contribution is -0.970. The molecular formula is C14H21N2O2S+. The van der Waals surface area contributed by atoms with Gasteiger partial charge < -0.3 is 0 Å². The summed E-state index contributed by atoms with van der Waals surface area (Å²) in [5.74, 6) is 0.823. The number of hydrogen-bond donors (Lipinski definition) is 1. The molecule has 1 N–H and O–H groups in total. The first-order valence-corrected chi connectivity index (χ1v) is 8.44. The zero-order valence-corrected chi connectivity index (χ0v) is 12.1. The van der Waals surface area contributed by atoms with Crippen LogP contribution in [-0.4, -0.2) is 32.6 Å². The van der Waals surface area contributed by atoms with Gasteiger partial charge in [0.2, 0.25) is 0 Å². The van der Waals surface area contributed by atoms with Gasteiger partial charge >= 0.3 is 0 Å². The summed E-state index contributed by atoms with van der Waals surface area (Å²) in [5.41, 5.74) is 1.07.